The number of hydrogen-bond donors (Lipinski definition) is 0. The highest BCUT2D eigenvalue weighted by Crippen LogP contribution is 2.42. The molecule has 1 aliphatic rings. The van der Waals surface area contributed by atoms with Crippen molar-refractivity contribution in [2.45, 2.75) is 32.9 Å². The minimum absolute atomic E-state index is 0.376. The Morgan fingerprint density at radius 2 is 1.81 bits per heavy atom. The van der Waals surface area contributed by atoms with Crippen LogP contribution in [0.15, 0.2) is 89.5 Å². The van der Waals surface area contributed by atoms with Gasteiger partial charge in [-0.05, 0) is 56.7 Å². The van der Waals surface area contributed by atoms with Gasteiger partial charge in [-0.25, -0.2) is 9.53 Å². The van der Waals surface area contributed by atoms with Crippen molar-refractivity contribution in [3.8, 4) is 26.4 Å². The zero-order chi connectivity index (χ0) is 26.0. The van der Waals surface area contributed by atoms with E-state index >= 15 is 0 Å². The van der Waals surface area contributed by atoms with Gasteiger partial charge in [0.2, 0.25) is 5.70 Å². The highest BCUT2D eigenvalue weighted by atomic mass is 32.1. The smallest absolute Gasteiger partial charge is 0.236 e. The fraction of sp³-hybridized carbons (Fsp3) is 0.172. The van der Waals surface area contributed by atoms with Gasteiger partial charge in [-0.15, -0.1) is 27.8 Å². The molecule has 0 saturated heterocycles. The first-order valence-corrected chi connectivity index (χ1v) is 13.3. The van der Waals surface area contributed by atoms with Crippen LogP contribution < -0.4 is 0 Å². The molecule has 0 spiro atoms. The van der Waals surface area contributed by atoms with E-state index in [2.05, 4.69) is 57.6 Å². The van der Waals surface area contributed by atoms with Crippen molar-refractivity contribution >= 4 is 28.7 Å². The molecule has 0 amide bonds. The number of nitriles is 1. The van der Waals surface area contributed by atoms with Gasteiger partial charge >= 0.3 is 0 Å². The number of ether oxygens (including phenoxy) is 1. The van der Waals surface area contributed by atoms with E-state index in [1.165, 1.54) is 5.56 Å². The summed E-state index contributed by atoms with van der Waals surface area (Å²) in [4.78, 5) is 8.14. The van der Waals surface area contributed by atoms with Gasteiger partial charge in [-0.1, -0.05) is 41.6 Å². The maximum Gasteiger partial charge on any atom is 0.236 e. The number of benzene rings is 1. The second kappa shape index (κ2) is 10.0. The summed E-state index contributed by atoms with van der Waals surface area (Å²) in [7, 11) is 0. The predicted octanol–water partition coefficient (Wildman–Crippen LogP) is 7.58. The van der Waals surface area contributed by atoms with Crippen LogP contribution in [0.2, 0.25) is 0 Å². The third-order valence-corrected chi connectivity index (χ3v) is 8.32. The van der Waals surface area contributed by atoms with Gasteiger partial charge in [0.15, 0.2) is 0 Å². The van der Waals surface area contributed by atoms with Crippen LogP contribution in [0.5, 0.6) is 0 Å². The van der Waals surface area contributed by atoms with E-state index in [1.54, 1.807) is 29.6 Å². The van der Waals surface area contributed by atoms with Crippen LogP contribution in [-0.2, 0) is 11.3 Å². The van der Waals surface area contributed by atoms with Crippen LogP contribution in [0.25, 0.3) is 31.2 Å². The molecule has 0 N–H and O–H groups in total. The lowest BCUT2D eigenvalue weighted by Gasteiger charge is -2.21. The molecule has 3 aromatic heterocycles. The first kappa shape index (κ1) is 24.5. The quantitative estimate of drug-likeness (QED) is 0.194. The lowest BCUT2D eigenvalue weighted by atomic mass is 9.97. The molecule has 1 aromatic carbocycles. The maximum atomic E-state index is 9.28. The molecule has 37 heavy (non-hydrogen) atoms. The van der Waals surface area contributed by atoms with E-state index < -0.39 is 5.60 Å². The second-order valence-electron chi connectivity index (χ2n) is 9.04. The maximum absolute atomic E-state index is 9.28. The summed E-state index contributed by atoms with van der Waals surface area (Å²) in [6.07, 6.45) is 5.93. The largest absolute Gasteiger partial charge is 0.494 e. The molecular formula is C29H23N5OS2. The molecule has 6 nitrogen and oxygen atoms in total. The van der Waals surface area contributed by atoms with Gasteiger partial charge in [0.25, 0.3) is 0 Å². The molecule has 0 radical (unpaired) electrons. The van der Waals surface area contributed by atoms with Crippen molar-refractivity contribution in [2.75, 3.05) is 0 Å². The third kappa shape index (κ3) is 5.03. The van der Waals surface area contributed by atoms with Crippen molar-refractivity contribution in [3.63, 3.8) is 0 Å². The van der Waals surface area contributed by atoms with Crippen LogP contribution in [-0.4, -0.2) is 20.6 Å². The molecule has 182 valence electrons. The zero-order valence-electron chi connectivity index (χ0n) is 20.6. The molecule has 0 aliphatic carbocycles. The topological polar surface area (TPSA) is 68.1 Å². The molecule has 4 heterocycles. The number of nitrogens with zero attached hydrogens (tertiary/aromatic N) is 5. The van der Waals surface area contributed by atoms with Crippen LogP contribution in [0, 0.1) is 17.9 Å². The van der Waals surface area contributed by atoms with Crippen molar-refractivity contribution in [1.29, 1.82) is 5.26 Å². The third-order valence-electron chi connectivity index (χ3n) is 5.96. The van der Waals surface area contributed by atoms with E-state index in [9.17, 15) is 5.26 Å². The average molecular weight is 522 g/mol. The monoisotopic (exact) mass is 521 g/mol. The Balaban J connectivity index is 1.34. The zero-order valence-corrected chi connectivity index (χ0v) is 22.2. The Hall–Kier alpha value is -4.24. The normalized spacial score (nSPS) is 16.0. The predicted molar refractivity (Wildman–Crippen MR) is 148 cm³/mol. The fourth-order valence-electron chi connectivity index (χ4n) is 4.07. The summed E-state index contributed by atoms with van der Waals surface area (Å²) < 4.78 is 7.83. The molecule has 0 atom stereocenters. The molecule has 8 heteroatoms. The SMILES string of the molecule is [C-]#[N+]C1=C(/C=C/c2ccc(-c3ccc(-c4cn(Cc5ccccc5)nn4)s3)s2)C(C)(C)OC1=C(C)C#N. The van der Waals surface area contributed by atoms with E-state index in [1.807, 2.05) is 55.1 Å². The van der Waals surface area contributed by atoms with Gasteiger partial charge in [0, 0.05) is 20.2 Å². The van der Waals surface area contributed by atoms with Crippen LogP contribution in [0.3, 0.4) is 0 Å². The molecule has 1 aliphatic heterocycles. The first-order valence-electron chi connectivity index (χ1n) is 11.6. The molecule has 0 unspecified atom stereocenters. The van der Waals surface area contributed by atoms with E-state index in [-0.39, 0.29) is 0 Å². The van der Waals surface area contributed by atoms with E-state index in [0.29, 0.717) is 23.6 Å². The van der Waals surface area contributed by atoms with Crippen LogP contribution >= 0.6 is 22.7 Å². The Morgan fingerprint density at radius 3 is 2.57 bits per heavy atom. The van der Waals surface area contributed by atoms with Gasteiger partial charge in [-0.3, -0.25) is 0 Å². The molecule has 5 rings (SSSR count). The molecule has 0 fully saturated rings. The van der Waals surface area contributed by atoms with Crippen LogP contribution in [0.1, 0.15) is 31.2 Å². The number of hydrogen-bond acceptors (Lipinski definition) is 6. The van der Waals surface area contributed by atoms with Crippen molar-refractivity contribution in [3.05, 3.63) is 111 Å². The molecule has 4 aromatic rings. The summed E-state index contributed by atoms with van der Waals surface area (Å²) in [6.45, 7) is 13.8. The van der Waals surface area contributed by atoms with Crippen molar-refractivity contribution in [1.82, 2.24) is 15.0 Å². The number of rotatable bonds is 6. The van der Waals surface area contributed by atoms with Crippen molar-refractivity contribution in [2.24, 2.45) is 0 Å². The van der Waals surface area contributed by atoms with Crippen molar-refractivity contribution < 1.29 is 4.74 Å². The molecule has 0 saturated carbocycles. The lowest BCUT2D eigenvalue weighted by Crippen LogP contribution is -2.20. The van der Waals surface area contributed by atoms with Gasteiger partial charge < -0.3 is 4.74 Å². The lowest BCUT2D eigenvalue weighted by molar-refractivity contribution is 0.0948. The highest BCUT2D eigenvalue weighted by Gasteiger charge is 2.37. The number of allylic oxidation sites excluding steroid dienone is 1. The first-order chi connectivity index (χ1) is 17.9. The van der Waals surface area contributed by atoms with Gasteiger partial charge in [0.1, 0.15) is 17.1 Å². The summed E-state index contributed by atoms with van der Waals surface area (Å²) >= 11 is 3.37. The second-order valence-corrected chi connectivity index (χ2v) is 11.2. The standard InChI is InChI=1S/C29H23N5OS2/c1-19(16-30)28-27(31-4)22(29(2,3)35-28)12-10-21-11-13-25(36-21)26-15-14-24(37-26)23-18-34(33-32-23)17-20-8-6-5-7-9-20/h5-15,18H,17H2,1-3H3/b12-10+,28-19?. The number of thiophene rings is 2. The van der Waals surface area contributed by atoms with Gasteiger partial charge in [0.05, 0.1) is 35.8 Å². The Labute approximate surface area is 223 Å². The van der Waals surface area contributed by atoms with E-state index in [4.69, 9.17) is 11.3 Å². The summed E-state index contributed by atoms with van der Waals surface area (Å²) in [6, 6.07) is 20.7. The summed E-state index contributed by atoms with van der Waals surface area (Å²) in [5.74, 6) is 0.376. The Morgan fingerprint density at radius 1 is 1.08 bits per heavy atom. The van der Waals surface area contributed by atoms with E-state index in [0.717, 1.165) is 30.8 Å². The molecule has 0 bridgehead atoms. The highest BCUT2D eigenvalue weighted by molar-refractivity contribution is 7.24. The van der Waals surface area contributed by atoms with Crippen LogP contribution in [0.4, 0.5) is 0 Å². The number of aromatic nitrogens is 3. The minimum Gasteiger partial charge on any atom is -0.494 e. The summed E-state index contributed by atoms with van der Waals surface area (Å²) in [5, 5.41) is 17.9. The fourth-order valence-corrected chi connectivity index (χ4v) is 6.03. The minimum atomic E-state index is -0.676. The van der Waals surface area contributed by atoms with Gasteiger partial charge in [-0.2, -0.15) is 5.26 Å². The molecular weight excluding hydrogens is 498 g/mol. The Kier molecular flexibility index (Phi) is 6.62. The summed E-state index contributed by atoms with van der Waals surface area (Å²) in [5.41, 5.74) is 2.96. The Bertz CT molecular complexity index is 1630. The average Bonchev–Trinajstić information content (AvgIpc) is 3.68.